The molecule has 0 bridgehead atoms. The van der Waals surface area contributed by atoms with Crippen LogP contribution in [0.3, 0.4) is 0 Å². The third-order valence-electron chi connectivity index (χ3n) is 3.55. The van der Waals surface area contributed by atoms with Crippen molar-refractivity contribution in [1.82, 2.24) is 4.31 Å². The van der Waals surface area contributed by atoms with Crippen molar-refractivity contribution in [3.05, 3.63) is 29.3 Å². The summed E-state index contributed by atoms with van der Waals surface area (Å²) >= 11 is 0. The van der Waals surface area contributed by atoms with Gasteiger partial charge in [-0.25, -0.2) is 8.42 Å². The molecule has 0 aliphatic carbocycles. The second kappa shape index (κ2) is 6.50. The highest BCUT2D eigenvalue weighted by molar-refractivity contribution is 7.89. The van der Waals surface area contributed by atoms with Crippen LogP contribution < -0.4 is 0 Å². The Balaban J connectivity index is 3.34. The average molecular weight is 285 g/mol. The van der Waals surface area contributed by atoms with Gasteiger partial charge in [0.15, 0.2) is 0 Å². The molecule has 1 unspecified atom stereocenters. The Kier molecular flexibility index (Phi) is 5.52. The van der Waals surface area contributed by atoms with Crippen LogP contribution >= 0.6 is 0 Å². The van der Waals surface area contributed by atoms with Crippen LogP contribution in [-0.4, -0.2) is 30.4 Å². The summed E-state index contributed by atoms with van der Waals surface area (Å²) in [5, 5.41) is 9.25. The third kappa shape index (κ3) is 3.16. The fourth-order valence-electron chi connectivity index (χ4n) is 2.16. The summed E-state index contributed by atoms with van der Waals surface area (Å²) in [5.41, 5.74) is 1.29. The topological polar surface area (TPSA) is 57.6 Å². The molecule has 1 atom stereocenters. The van der Waals surface area contributed by atoms with Crippen LogP contribution in [0.4, 0.5) is 0 Å². The van der Waals surface area contributed by atoms with E-state index in [0.29, 0.717) is 22.6 Å². The van der Waals surface area contributed by atoms with E-state index in [0.717, 1.165) is 6.42 Å². The molecule has 1 N–H and O–H groups in total. The lowest BCUT2D eigenvalue weighted by molar-refractivity contribution is 0.280. The van der Waals surface area contributed by atoms with E-state index in [2.05, 4.69) is 0 Å². The third-order valence-corrected chi connectivity index (χ3v) is 5.78. The van der Waals surface area contributed by atoms with E-state index in [9.17, 15) is 13.5 Å². The highest BCUT2D eigenvalue weighted by Crippen LogP contribution is 2.24. The van der Waals surface area contributed by atoms with E-state index in [1.54, 1.807) is 25.1 Å². The normalized spacial score (nSPS) is 13.8. The maximum atomic E-state index is 12.7. The highest BCUT2D eigenvalue weighted by Gasteiger charge is 2.28. The first-order valence-electron chi connectivity index (χ1n) is 6.61. The molecule has 1 aromatic rings. The van der Waals surface area contributed by atoms with Gasteiger partial charge in [-0.1, -0.05) is 26.0 Å². The molecule has 0 aliphatic rings. The second-order valence-corrected chi connectivity index (χ2v) is 6.52. The first-order valence-corrected chi connectivity index (χ1v) is 8.05. The zero-order chi connectivity index (χ0) is 14.6. The Bertz CT molecular complexity index is 525. The van der Waals surface area contributed by atoms with E-state index in [1.165, 1.54) is 4.31 Å². The van der Waals surface area contributed by atoms with Crippen LogP contribution in [-0.2, 0) is 16.6 Å². The molecular formula is C14H23NO3S. The first-order chi connectivity index (χ1) is 8.89. The number of aliphatic hydroxyl groups is 1. The van der Waals surface area contributed by atoms with Crippen LogP contribution in [0.15, 0.2) is 23.1 Å². The fraction of sp³-hybridized carbons (Fsp3) is 0.571. The Labute approximate surface area is 116 Å². The molecule has 0 aliphatic heterocycles. The largest absolute Gasteiger partial charge is 0.392 e. The molecule has 0 radical (unpaired) electrons. The Morgan fingerprint density at radius 1 is 1.32 bits per heavy atom. The molecular weight excluding hydrogens is 262 g/mol. The van der Waals surface area contributed by atoms with Crippen molar-refractivity contribution in [2.75, 3.05) is 6.54 Å². The summed E-state index contributed by atoms with van der Waals surface area (Å²) in [6, 6.07) is 4.99. The smallest absolute Gasteiger partial charge is 0.243 e. The van der Waals surface area contributed by atoms with E-state index >= 15 is 0 Å². The Morgan fingerprint density at radius 3 is 2.42 bits per heavy atom. The molecule has 1 rings (SSSR count). The fourth-order valence-corrected chi connectivity index (χ4v) is 4.14. The average Bonchev–Trinajstić information content (AvgIpc) is 2.38. The number of nitrogens with zero attached hydrogens (tertiary/aromatic N) is 1. The second-order valence-electron chi connectivity index (χ2n) is 4.66. The van der Waals surface area contributed by atoms with E-state index in [-0.39, 0.29) is 12.6 Å². The lowest BCUT2D eigenvalue weighted by atomic mass is 10.1. The van der Waals surface area contributed by atoms with Crippen molar-refractivity contribution >= 4 is 10.0 Å². The molecule has 0 saturated carbocycles. The van der Waals surface area contributed by atoms with Crippen molar-refractivity contribution in [2.24, 2.45) is 0 Å². The Morgan fingerprint density at radius 2 is 1.95 bits per heavy atom. The number of rotatable bonds is 6. The van der Waals surface area contributed by atoms with Crippen molar-refractivity contribution in [3.63, 3.8) is 0 Å². The van der Waals surface area contributed by atoms with Gasteiger partial charge in [0.25, 0.3) is 0 Å². The van der Waals surface area contributed by atoms with Crippen LogP contribution in [0.25, 0.3) is 0 Å². The quantitative estimate of drug-likeness (QED) is 0.872. The molecule has 0 saturated heterocycles. The first kappa shape index (κ1) is 16.1. The number of hydrogen-bond acceptors (Lipinski definition) is 3. The van der Waals surface area contributed by atoms with Crippen molar-refractivity contribution in [1.29, 1.82) is 0 Å². The van der Waals surface area contributed by atoms with Crippen molar-refractivity contribution in [3.8, 4) is 0 Å². The van der Waals surface area contributed by atoms with Crippen LogP contribution in [0.5, 0.6) is 0 Å². The van der Waals surface area contributed by atoms with Gasteiger partial charge in [0.2, 0.25) is 10.0 Å². The predicted molar refractivity (Wildman–Crippen MR) is 76.4 cm³/mol. The van der Waals surface area contributed by atoms with Crippen LogP contribution in [0.1, 0.15) is 38.3 Å². The summed E-state index contributed by atoms with van der Waals surface area (Å²) < 4.78 is 26.9. The monoisotopic (exact) mass is 285 g/mol. The molecule has 1 aromatic carbocycles. The molecule has 0 spiro atoms. The maximum absolute atomic E-state index is 12.7. The van der Waals surface area contributed by atoms with Gasteiger partial charge in [-0.15, -0.1) is 0 Å². The van der Waals surface area contributed by atoms with Gasteiger partial charge in [-0.05, 0) is 37.5 Å². The highest BCUT2D eigenvalue weighted by atomic mass is 32.2. The zero-order valence-electron chi connectivity index (χ0n) is 12.0. The van der Waals surface area contributed by atoms with Gasteiger partial charge in [-0.2, -0.15) is 4.31 Å². The lowest BCUT2D eigenvalue weighted by Gasteiger charge is -2.27. The summed E-state index contributed by atoms with van der Waals surface area (Å²) in [7, 11) is -3.50. The van der Waals surface area contributed by atoms with E-state index in [1.807, 2.05) is 20.8 Å². The van der Waals surface area contributed by atoms with Gasteiger partial charge >= 0.3 is 0 Å². The maximum Gasteiger partial charge on any atom is 0.243 e. The molecule has 0 heterocycles. The molecule has 0 amide bonds. The minimum atomic E-state index is -3.50. The van der Waals surface area contributed by atoms with Gasteiger partial charge < -0.3 is 5.11 Å². The summed E-state index contributed by atoms with van der Waals surface area (Å²) in [6.07, 6.45) is 0.770. The number of benzene rings is 1. The zero-order valence-corrected chi connectivity index (χ0v) is 12.9. The van der Waals surface area contributed by atoms with Gasteiger partial charge in [0, 0.05) is 12.6 Å². The molecule has 19 heavy (non-hydrogen) atoms. The standard InChI is InChI=1S/C14H23NO3S/c1-5-11(3)15(6-2)19(17,18)14-9-7-8-13(10-16)12(14)4/h7-9,11,16H,5-6,10H2,1-4H3. The molecule has 4 nitrogen and oxygen atoms in total. The molecule has 5 heteroatoms. The summed E-state index contributed by atoms with van der Waals surface area (Å²) in [5.74, 6) is 0. The molecule has 108 valence electrons. The number of sulfonamides is 1. The minimum absolute atomic E-state index is 0.0350. The van der Waals surface area contributed by atoms with Gasteiger partial charge in [0.05, 0.1) is 11.5 Å². The number of hydrogen-bond donors (Lipinski definition) is 1. The van der Waals surface area contributed by atoms with Crippen LogP contribution in [0, 0.1) is 6.92 Å². The summed E-state index contributed by atoms with van der Waals surface area (Å²) in [4.78, 5) is 0.293. The predicted octanol–water partition coefficient (Wildman–Crippen LogP) is 2.30. The molecule has 0 aromatic heterocycles. The van der Waals surface area contributed by atoms with Crippen molar-refractivity contribution < 1.29 is 13.5 Å². The summed E-state index contributed by atoms with van der Waals surface area (Å²) in [6.45, 7) is 7.76. The number of aliphatic hydroxyl groups excluding tert-OH is 1. The van der Waals surface area contributed by atoms with Gasteiger partial charge in [0.1, 0.15) is 0 Å². The van der Waals surface area contributed by atoms with Crippen LogP contribution in [0.2, 0.25) is 0 Å². The van der Waals surface area contributed by atoms with E-state index in [4.69, 9.17) is 0 Å². The van der Waals surface area contributed by atoms with E-state index < -0.39 is 10.0 Å². The molecule has 0 fully saturated rings. The SMILES string of the molecule is CCC(C)N(CC)S(=O)(=O)c1cccc(CO)c1C. The van der Waals surface area contributed by atoms with Gasteiger partial charge in [-0.3, -0.25) is 0 Å². The Hall–Kier alpha value is -0.910. The minimum Gasteiger partial charge on any atom is -0.392 e. The van der Waals surface area contributed by atoms with Crippen molar-refractivity contribution in [2.45, 2.75) is 51.7 Å². The lowest BCUT2D eigenvalue weighted by Crippen LogP contribution is -2.38.